The zero-order valence-electron chi connectivity index (χ0n) is 16.6. The molecule has 1 saturated carbocycles. The first kappa shape index (κ1) is 21.7. The molecule has 2 fully saturated rings. The van der Waals surface area contributed by atoms with Gasteiger partial charge in [0.1, 0.15) is 0 Å². The molecule has 0 bridgehead atoms. The Bertz CT molecular complexity index is 659. The molecule has 0 amide bonds. The van der Waals surface area contributed by atoms with Gasteiger partial charge in [0.25, 0.3) is 0 Å². The Labute approximate surface area is 178 Å². The first-order valence-electron chi connectivity index (χ1n) is 10.2. The number of guanidine groups is 1. The van der Waals surface area contributed by atoms with E-state index in [1.807, 2.05) is 18.2 Å². The van der Waals surface area contributed by atoms with Gasteiger partial charge in [-0.3, -0.25) is 4.99 Å². The molecule has 0 aromatic heterocycles. The number of nitrogens with zero attached hydrogens (tertiary/aromatic N) is 1. The lowest BCUT2D eigenvalue weighted by molar-refractivity contribution is 0.0514. The Balaban J connectivity index is 1.51. The summed E-state index contributed by atoms with van der Waals surface area (Å²) in [5.41, 5.74) is 1.03. The first-order chi connectivity index (χ1) is 13.6. The van der Waals surface area contributed by atoms with Gasteiger partial charge in [-0.2, -0.15) is 0 Å². The average Bonchev–Trinajstić information content (AvgIpc) is 3.52. The maximum absolute atomic E-state index is 6.55. The highest BCUT2D eigenvalue weighted by Crippen LogP contribution is 2.39. The van der Waals surface area contributed by atoms with Crippen LogP contribution in [0, 0.1) is 5.92 Å². The van der Waals surface area contributed by atoms with Crippen molar-refractivity contribution in [3.63, 3.8) is 0 Å². The van der Waals surface area contributed by atoms with E-state index in [0.717, 1.165) is 76.2 Å². The summed E-state index contributed by atoms with van der Waals surface area (Å²) in [5, 5.41) is 8.24. The average molecular weight is 428 g/mol. The number of benzene rings is 1. The molecule has 2 aliphatic rings. The molecule has 5 nitrogen and oxygen atoms in total. The lowest BCUT2D eigenvalue weighted by atomic mass is 9.74. The van der Waals surface area contributed by atoms with Gasteiger partial charge in [0.2, 0.25) is 0 Å². The quantitative estimate of drug-likeness (QED) is 0.354. The van der Waals surface area contributed by atoms with Crippen LogP contribution in [0.3, 0.4) is 0 Å². The molecule has 0 radical (unpaired) electrons. The van der Waals surface area contributed by atoms with E-state index in [9.17, 15) is 0 Å². The molecular formula is C21H31Cl2N3O2. The largest absolute Gasteiger partial charge is 0.381 e. The highest BCUT2D eigenvalue weighted by molar-refractivity contribution is 6.35. The molecule has 28 heavy (non-hydrogen) atoms. The number of hydrogen-bond acceptors (Lipinski definition) is 3. The fraction of sp³-hybridized carbons (Fsp3) is 0.667. The van der Waals surface area contributed by atoms with Crippen LogP contribution in [0.25, 0.3) is 0 Å². The Kier molecular flexibility index (Phi) is 8.27. The van der Waals surface area contributed by atoms with Gasteiger partial charge in [-0.05, 0) is 55.7 Å². The van der Waals surface area contributed by atoms with Crippen molar-refractivity contribution in [2.45, 2.75) is 37.5 Å². The number of hydrogen-bond donors (Lipinski definition) is 2. The third kappa shape index (κ3) is 6.24. The second-order valence-corrected chi connectivity index (χ2v) is 8.58. The van der Waals surface area contributed by atoms with Gasteiger partial charge in [-0.15, -0.1) is 0 Å². The summed E-state index contributed by atoms with van der Waals surface area (Å²) in [6.45, 7) is 4.75. The van der Waals surface area contributed by atoms with Crippen LogP contribution in [0.2, 0.25) is 10.0 Å². The number of ether oxygens (including phenoxy) is 2. The molecule has 2 N–H and O–H groups in total. The monoisotopic (exact) mass is 427 g/mol. The smallest absolute Gasteiger partial charge is 0.191 e. The van der Waals surface area contributed by atoms with Crippen LogP contribution < -0.4 is 10.6 Å². The fourth-order valence-electron chi connectivity index (χ4n) is 3.61. The van der Waals surface area contributed by atoms with E-state index in [1.165, 1.54) is 12.8 Å². The van der Waals surface area contributed by atoms with Crippen LogP contribution in [0.5, 0.6) is 0 Å². The summed E-state index contributed by atoms with van der Waals surface area (Å²) >= 11 is 12.6. The molecule has 0 spiro atoms. The van der Waals surface area contributed by atoms with Crippen molar-refractivity contribution >= 4 is 29.2 Å². The van der Waals surface area contributed by atoms with Crippen LogP contribution >= 0.6 is 23.2 Å². The molecule has 1 heterocycles. The van der Waals surface area contributed by atoms with E-state index in [1.54, 1.807) is 7.05 Å². The van der Waals surface area contributed by atoms with Crippen molar-refractivity contribution in [3.05, 3.63) is 33.8 Å². The molecule has 1 aromatic carbocycles. The number of aliphatic imine (C=N–C) groups is 1. The van der Waals surface area contributed by atoms with Crippen LogP contribution in [-0.2, 0) is 14.9 Å². The van der Waals surface area contributed by atoms with E-state index in [2.05, 4.69) is 15.6 Å². The van der Waals surface area contributed by atoms with Gasteiger partial charge in [0.15, 0.2) is 5.96 Å². The number of nitrogens with one attached hydrogen (secondary N) is 2. The molecule has 1 saturated heterocycles. The van der Waals surface area contributed by atoms with E-state index in [4.69, 9.17) is 32.7 Å². The summed E-state index contributed by atoms with van der Waals surface area (Å²) in [4.78, 5) is 4.36. The fourth-order valence-corrected chi connectivity index (χ4v) is 4.22. The number of halogens is 2. The van der Waals surface area contributed by atoms with Crippen molar-refractivity contribution in [1.82, 2.24) is 10.6 Å². The van der Waals surface area contributed by atoms with Gasteiger partial charge in [-0.1, -0.05) is 29.3 Å². The van der Waals surface area contributed by atoms with E-state index in [0.29, 0.717) is 10.0 Å². The summed E-state index contributed by atoms with van der Waals surface area (Å²) in [6.07, 6.45) is 5.45. The van der Waals surface area contributed by atoms with Crippen molar-refractivity contribution < 1.29 is 9.47 Å². The van der Waals surface area contributed by atoms with Crippen molar-refractivity contribution in [1.29, 1.82) is 0 Å². The molecule has 7 heteroatoms. The summed E-state index contributed by atoms with van der Waals surface area (Å²) in [6, 6.07) is 5.78. The number of rotatable bonds is 9. The minimum absolute atomic E-state index is 0.0923. The zero-order chi connectivity index (χ0) is 19.8. The maximum Gasteiger partial charge on any atom is 0.191 e. The molecule has 1 aromatic rings. The maximum atomic E-state index is 6.55. The van der Waals surface area contributed by atoms with E-state index in [-0.39, 0.29) is 5.41 Å². The van der Waals surface area contributed by atoms with Gasteiger partial charge < -0.3 is 20.1 Å². The molecule has 0 unspecified atom stereocenters. The Morgan fingerprint density at radius 2 is 2.04 bits per heavy atom. The predicted molar refractivity (Wildman–Crippen MR) is 116 cm³/mol. The molecule has 156 valence electrons. The summed E-state index contributed by atoms with van der Waals surface area (Å²) in [7, 11) is 1.80. The molecule has 3 rings (SSSR count). The molecular weight excluding hydrogens is 397 g/mol. The van der Waals surface area contributed by atoms with Crippen LogP contribution in [0.1, 0.15) is 37.7 Å². The summed E-state index contributed by atoms with van der Waals surface area (Å²) in [5.74, 6) is 1.62. The van der Waals surface area contributed by atoms with Crippen LogP contribution in [0.15, 0.2) is 23.2 Å². The molecule has 0 atom stereocenters. The second-order valence-electron chi connectivity index (χ2n) is 7.74. The lowest BCUT2D eigenvalue weighted by Gasteiger charge is -2.39. The van der Waals surface area contributed by atoms with Crippen molar-refractivity contribution in [2.75, 3.05) is 46.6 Å². The Morgan fingerprint density at radius 3 is 2.71 bits per heavy atom. The first-order valence-corrected chi connectivity index (χ1v) is 10.9. The van der Waals surface area contributed by atoms with Crippen molar-refractivity contribution in [2.24, 2.45) is 10.9 Å². The normalized spacial score (nSPS) is 19.5. The zero-order valence-corrected chi connectivity index (χ0v) is 18.1. The third-order valence-electron chi connectivity index (χ3n) is 5.58. The van der Waals surface area contributed by atoms with Gasteiger partial charge in [0, 0.05) is 62.0 Å². The van der Waals surface area contributed by atoms with Crippen LogP contribution in [-0.4, -0.2) is 52.5 Å². The Morgan fingerprint density at radius 1 is 1.25 bits per heavy atom. The second kappa shape index (κ2) is 10.7. The molecule has 1 aliphatic heterocycles. The molecule has 1 aliphatic carbocycles. The van der Waals surface area contributed by atoms with Gasteiger partial charge >= 0.3 is 0 Å². The lowest BCUT2D eigenvalue weighted by Crippen LogP contribution is -2.48. The van der Waals surface area contributed by atoms with E-state index < -0.39 is 0 Å². The van der Waals surface area contributed by atoms with E-state index >= 15 is 0 Å². The topological polar surface area (TPSA) is 54.9 Å². The minimum Gasteiger partial charge on any atom is -0.381 e. The Hall–Kier alpha value is -1.01. The third-order valence-corrected chi connectivity index (χ3v) is 6.13. The van der Waals surface area contributed by atoms with Gasteiger partial charge in [-0.25, -0.2) is 0 Å². The predicted octanol–water partition coefficient (Wildman–Crippen LogP) is 4.02. The minimum atomic E-state index is -0.0923. The highest BCUT2D eigenvalue weighted by atomic mass is 35.5. The van der Waals surface area contributed by atoms with Crippen LogP contribution in [0.4, 0.5) is 0 Å². The SMILES string of the molecule is CN=C(NCCCOCC1CC1)NCC1(c2ccc(Cl)cc2Cl)CCOCC1. The highest BCUT2D eigenvalue weighted by Gasteiger charge is 2.36. The van der Waals surface area contributed by atoms with Crippen molar-refractivity contribution in [3.8, 4) is 0 Å². The van der Waals surface area contributed by atoms with Gasteiger partial charge in [0.05, 0.1) is 0 Å². The standard InChI is InChI=1S/C21H31Cl2N3O2/c1-24-20(25-9-2-10-28-14-16-3-4-16)26-15-21(7-11-27-12-8-21)18-6-5-17(22)13-19(18)23/h5-6,13,16H,2-4,7-12,14-15H2,1H3,(H2,24,25,26). The summed E-state index contributed by atoms with van der Waals surface area (Å²) < 4.78 is 11.3.